The quantitative estimate of drug-likeness (QED) is 0.861. The molecule has 2 nitrogen and oxygen atoms in total. The zero-order chi connectivity index (χ0) is 10.7. The van der Waals surface area contributed by atoms with E-state index in [-0.39, 0.29) is 0 Å². The zero-order valence-corrected chi connectivity index (χ0v) is 10.3. The molecule has 0 bridgehead atoms. The largest absolute Gasteiger partial charge is 0.329 e. The zero-order valence-electron chi connectivity index (χ0n) is 8.75. The van der Waals surface area contributed by atoms with Gasteiger partial charge in [0.15, 0.2) is 0 Å². The molecule has 2 rings (SSSR count). The normalized spacial score (nSPS) is 17.7. The van der Waals surface area contributed by atoms with Crippen LogP contribution in [0.1, 0.15) is 24.4 Å². The molecule has 15 heavy (non-hydrogen) atoms. The maximum absolute atomic E-state index is 5.78. The Morgan fingerprint density at radius 1 is 1.33 bits per heavy atom. The molecular formula is C12H17BrN2. The highest BCUT2D eigenvalue weighted by atomic mass is 79.9. The molecule has 1 aromatic carbocycles. The fourth-order valence-corrected chi connectivity index (χ4v) is 1.93. The van der Waals surface area contributed by atoms with Gasteiger partial charge in [-0.3, -0.25) is 0 Å². The van der Waals surface area contributed by atoms with Gasteiger partial charge in [-0.25, -0.2) is 0 Å². The predicted molar refractivity (Wildman–Crippen MR) is 66.7 cm³/mol. The van der Waals surface area contributed by atoms with Gasteiger partial charge >= 0.3 is 0 Å². The van der Waals surface area contributed by atoms with Crippen LogP contribution < -0.4 is 11.1 Å². The van der Waals surface area contributed by atoms with Crippen LogP contribution >= 0.6 is 15.9 Å². The van der Waals surface area contributed by atoms with Gasteiger partial charge in [-0.2, -0.15) is 0 Å². The third-order valence-corrected chi connectivity index (χ3v) is 3.39. The van der Waals surface area contributed by atoms with Crippen molar-refractivity contribution in [1.82, 2.24) is 5.32 Å². The van der Waals surface area contributed by atoms with Gasteiger partial charge in [0.1, 0.15) is 0 Å². The Hall–Kier alpha value is -0.380. The SMILES string of the molecule is NCC(NCC1CC1)c1ccc(Br)cc1. The molecule has 0 heterocycles. The van der Waals surface area contributed by atoms with E-state index in [2.05, 4.69) is 45.5 Å². The number of rotatable bonds is 5. The van der Waals surface area contributed by atoms with Crippen LogP contribution in [0, 0.1) is 5.92 Å². The number of hydrogen-bond donors (Lipinski definition) is 2. The van der Waals surface area contributed by atoms with Crippen LogP contribution in [0.25, 0.3) is 0 Å². The Morgan fingerprint density at radius 2 is 2.00 bits per heavy atom. The van der Waals surface area contributed by atoms with Gasteiger partial charge in [0, 0.05) is 17.1 Å². The van der Waals surface area contributed by atoms with E-state index in [9.17, 15) is 0 Å². The molecule has 1 fully saturated rings. The van der Waals surface area contributed by atoms with Gasteiger partial charge in [-0.05, 0) is 43.0 Å². The lowest BCUT2D eigenvalue weighted by atomic mass is 10.1. The molecule has 3 heteroatoms. The lowest BCUT2D eigenvalue weighted by Gasteiger charge is -2.17. The Morgan fingerprint density at radius 3 is 2.53 bits per heavy atom. The van der Waals surface area contributed by atoms with Crippen molar-refractivity contribution in [3.8, 4) is 0 Å². The minimum atomic E-state index is 0.304. The van der Waals surface area contributed by atoms with Gasteiger partial charge in [-0.15, -0.1) is 0 Å². The number of benzene rings is 1. The molecule has 1 atom stereocenters. The molecule has 3 N–H and O–H groups in total. The second kappa shape index (κ2) is 5.10. The number of nitrogens with two attached hydrogens (primary N) is 1. The molecule has 0 aliphatic heterocycles. The van der Waals surface area contributed by atoms with E-state index in [1.54, 1.807) is 0 Å². The highest BCUT2D eigenvalue weighted by Gasteiger charge is 2.22. The maximum Gasteiger partial charge on any atom is 0.0444 e. The second-order valence-corrected chi connectivity index (χ2v) is 5.11. The van der Waals surface area contributed by atoms with Crippen molar-refractivity contribution in [3.05, 3.63) is 34.3 Å². The van der Waals surface area contributed by atoms with Crippen molar-refractivity contribution < 1.29 is 0 Å². The third-order valence-electron chi connectivity index (χ3n) is 2.86. The Kier molecular flexibility index (Phi) is 3.78. The molecule has 1 saturated carbocycles. The fraction of sp³-hybridized carbons (Fsp3) is 0.500. The lowest BCUT2D eigenvalue weighted by molar-refractivity contribution is 0.522. The Labute approximate surface area is 99.4 Å². The van der Waals surface area contributed by atoms with Crippen LogP contribution in [0.3, 0.4) is 0 Å². The van der Waals surface area contributed by atoms with Gasteiger partial charge in [-0.1, -0.05) is 28.1 Å². The minimum absolute atomic E-state index is 0.304. The number of hydrogen-bond acceptors (Lipinski definition) is 2. The summed E-state index contributed by atoms with van der Waals surface area (Å²) in [4.78, 5) is 0. The highest BCUT2D eigenvalue weighted by Crippen LogP contribution is 2.28. The molecule has 0 saturated heterocycles. The van der Waals surface area contributed by atoms with Crippen molar-refractivity contribution in [1.29, 1.82) is 0 Å². The van der Waals surface area contributed by atoms with Crippen molar-refractivity contribution in [2.45, 2.75) is 18.9 Å². The predicted octanol–water partition coefficient (Wildman–Crippen LogP) is 2.45. The van der Waals surface area contributed by atoms with E-state index >= 15 is 0 Å². The van der Waals surface area contributed by atoms with Crippen molar-refractivity contribution in [2.24, 2.45) is 11.7 Å². The average Bonchev–Trinajstić information content (AvgIpc) is 3.05. The van der Waals surface area contributed by atoms with E-state index in [4.69, 9.17) is 5.73 Å². The molecule has 0 aromatic heterocycles. The van der Waals surface area contributed by atoms with Crippen LogP contribution in [-0.4, -0.2) is 13.1 Å². The van der Waals surface area contributed by atoms with E-state index in [0.717, 1.165) is 16.9 Å². The Bertz CT molecular complexity index is 306. The highest BCUT2D eigenvalue weighted by molar-refractivity contribution is 9.10. The van der Waals surface area contributed by atoms with Crippen LogP contribution in [0.15, 0.2) is 28.7 Å². The summed E-state index contributed by atoms with van der Waals surface area (Å²) in [6.45, 7) is 1.77. The van der Waals surface area contributed by atoms with Crippen molar-refractivity contribution in [2.75, 3.05) is 13.1 Å². The first kappa shape index (κ1) is 11.1. The first-order valence-electron chi connectivity index (χ1n) is 5.48. The van der Waals surface area contributed by atoms with E-state index in [0.29, 0.717) is 12.6 Å². The Balaban J connectivity index is 1.94. The molecule has 82 valence electrons. The molecule has 1 aliphatic rings. The summed E-state index contributed by atoms with van der Waals surface area (Å²) in [6.07, 6.45) is 2.76. The first-order chi connectivity index (χ1) is 7.29. The van der Waals surface area contributed by atoms with Crippen molar-refractivity contribution in [3.63, 3.8) is 0 Å². The smallest absolute Gasteiger partial charge is 0.0444 e. The summed E-state index contributed by atoms with van der Waals surface area (Å²) in [6, 6.07) is 8.69. The fourth-order valence-electron chi connectivity index (χ4n) is 1.66. The summed E-state index contributed by atoms with van der Waals surface area (Å²) in [5, 5.41) is 3.53. The second-order valence-electron chi connectivity index (χ2n) is 4.19. The van der Waals surface area contributed by atoms with Gasteiger partial charge < -0.3 is 11.1 Å². The monoisotopic (exact) mass is 268 g/mol. The van der Waals surface area contributed by atoms with Crippen molar-refractivity contribution >= 4 is 15.9 Å². The molecule has 1 aromatic rings. The van der Waals surface area contributed by atoms with E-state index in [1.165, 1.54) is 18.4 Å². The topological polar surface area (TPSA) is 38.0 Å². The van der Waals surface area contributed by atoms with E-state index < -0.39 is 0 Å². The molecule has 1 aliphatic carbocycles. The summed E-state index contributed by atoms with van der Waals surface area (Å²) in [5.41, 5.74) is 7.05. The van der Waals surface area contributed by atoms with E-state index in [1.807, 2.05) is 0 Å². The summed E-state index contributed by atoms with van der Waals surface area (Å²) < 4.78 is 1.12. The summed E-state index contributed by atoms with van der Waals surface area (Å²) in [7, 11) is 0. The molecule has 0 spiro atoms. The average molecular weight is 269 g/mol. The summed E-state index contributed by atoms with van der Waals surface area (Å²) in [5.74, 6) is 0.898. The lowest BCUT2D eigenvalue weighted by Crippen LogP contribution is -2.29. The van der Waals surface area contributed by atoms with Crippen LogP contribution in [0.4, 0.5) is 0 Å². The molecule has 0 radical (unpaired) electrons. The summed E-state index contributed by atoms with van der Waals surface area (Å²) >= 11 is 3.44. The van der Waals surface area contributed by atoms with Crippen LogP contribution in [-0.2, 0) is 0 Å². The van der Waals surface area contributed by atoms with Gasteiger partial charge in [0.05, 0.1) is 0 Å². The first-order valence-corrected chi connectivity index (χ1v) is 6.28. The molecular weight excluding hydrogens is 252 g/mol. The van der Waals surface area contributed by atoms with Gasteiger partial charge in [0.25, 0.3) is 0 Å². The molecule has 1 unspecified atom stereocenters. The number of halogens is 1. The van der Waals surface area contributed by atoms with Gasteiger partial charge in [0.2, 0.25) is 0 Å². The van der Waals surface area contributed by atoms with Crippen LogP contribution in [0.5, 0.6) is 0 Å². The standard InChI is InChI=1S/C12H17BrN2/c13-11-5-3-10(4-6-11)12(7-14)15-8-9-1-2-9/h3-6,9,12,15H,1-2,7-8,14H2. The molecule has 0 amide bonds. The van der Waals surface area contributed by atoms with Crippen LogP contribution in [0.2, 0.25) is 0 Å². The minimum Gasteiger partial charge on any atom is -0.329 e. The third kappa shape index (κ3) is 3.30. The number of nitrogens with one attached hydrogen (secondary N) is 1. The maximum atomic E-state index is 5.78.